The summed E-state index contributed by atoms with van der Waals surface area (Å²) in [7, 11) is -1.76. The molecular formula is C10H12N2O3S. The molecule has 2 N–H and O–H groups in total. The van der Waals surface area contributed by atoms with Crippen molar-refractivity contribution in [1.29, 1.82) is 0 Å². The highest BCUT2D eigenvalue weighted by molar-refractivity contribution is 7.91. The predicted octanol–water partition coefficient (Wildman–Crippen LogP) is 0.444. The molecule has 1 aromatic rings. The summed E-state index contributed by atoms with van der Waals surface area (Å²) in [5, 5.41) is 5.02. The fourth-order valence-electron chi connectivity index (χ4n) is 1.80. The summed E-state index contributed by atoms with van der Waals surface area (Å²) < 4.78 is 23.5. The largest absolute Gasteiger partial charge is 0.341 e. The summed E-state index contributed by atoms with van der Waals surface area (Å²) >= 11 is 0. The van der Waals surface area contributed by atoms with E-state index < -0.39 is 15.9 Å². The maximum Gasteiger partial charge on any atom is 0.315 e. The molecule has 0 spiro atoms. The molecule has 1 heterocycles. The van der Waals surface area contributed by atoms with E-state index in [0.29, 0.717) is 10.5 Å². The van der Waals surface area contributed by atoms with E-state index in [1.54, 1.807) is 24.3 Å². The fourth-order valence-corrected chi connectivity index (χ4v) is 3.54. The van der Waals surface area contributed by atoms with E-state index in [4.69, 9.17) is 0 Å². The molecule has 5 nitrogen and oxygen atoms in total. The van der Waals surface area contributed by atoms with Crippen molar-refractivity contribution in [2.75, 3.05) is 12.8 Å². The highest BCUT2D eigenvalue weighted by Gasteiger charge is 2.34. The molecule has 16 heavy (non-hydrogen) atoms. The highest BCUT2D eigenvalue weighted by atomic mass is 32.2. The Hall–Kier alpha value is -1.56. The van der Waals surface area contributed by atoms with E-state index in [1.165, 1.54) is 7.05 Å². The van der Waals surface area contributed by atoms with Gasteiger partial charge in [-0.2, -0.15) is 0 Å². The number of nitrogens with one attached hydrogen (secondary N) is 2. The van der Waals surface area contributed by atoms with Crippen LogP contribution in [0.25, 0.3) is 0 Å². The minimum atomic E-state index is -3.25. The lowest BCUT2D eigenvalue weighted by molar-refractivity contribution is 0.240. The van der Waals surface area contributed by atoms with Crippen LogP contribution in [0.15, 0.2) is 29.2 Å². The number of carbonyl (C=O) groups is 1. The first-order chi connectivity index (χ1) is 7.54. The first-order valence-electron chi connectivity index (χ1n) is 4.84. The van der Waals surface area contributed by atoms with Gasteiger partial charge < -0.3 is 10.6 Å². The first-order valence-corrected chi connectivity index (χ1v) is 6.50. The van der Waals surface area contributed by atoms with E-state index >= 15 is 0 Å². The number of fused-ring (bicyclic) bond motifs is 1. The zero-order valence-electron chi connectivity index (χ0n) is 8.73. The van der Waals surface area contributed by atoms with E-state index in [-0.39, 0.29) is 11.8 Å². The zero-order valence-corrected chi connectivity index (χ0v) is 9.54. The smallest absolute Gasteiger partial charge is 0.315 e. The molecule has 0 radical (unpaired) electrons. The van der Waals surface area contributed by atoms with Crippen molar-refractivity contribution < 1.29 is 13.2 Å². The Balaban J connectivity index is 2.37. The highest BCUT2D eigenvalue weighted by Crippen LogP contribution is 2.32. The minimum Gasteiger partial charge on any atom is -0.341 e. The van der Waals surface area contributed by atoms with Crippen LogP contribution in [-0.2, 0) is 9.84 Å². The number of hydrogen-bond donors (Lipinski definition) is 2. The lowest BCUT2D eigenvalue weighted by Gasteiger charge is -2.11. The van der Waals surface area contributed by atoms with E-state index in [0.717, 1.165) is 0 Å². The zero-order chi connectivity index (χ0) is 11.8. The molecule has 1 aliphatic rings. The molecule has 0 fully saturated rings. The second-order valence-electron chi connectivity index (χ2n) is 3.60. The lowest BCUT2D eigenvalue weighted by atomic mass is 10.1. The third-order valence-electron chi connectivity index (χ3n) is 2.55. The average Bonchev–Trinajstić information content (AvgIpc) is 2.51. The number of rotatable bonds is 1. The van der Waals surface area contributed by atoms with E-state index in [9.17, 15) is 13.2 Å². The van der Waals surface area contributed by atoms with Crippen molar-refractivity contribution in [3.8, 4) is 0 Å². The van der Waals surface area contributed by atoms with Crippen molar-refractivity contribution in [3.05, 3.63) is 29.8 Å². The monoisotopic (exact) mass is 240 g/mol. The number of hydrogen-bond acceptors (Lipinski definition) is 3. The molecule has 6 heteroatoms. The molecule has 1 aromatic carbocycles. The van der Waals surface area contributed by atoms with Crippen molar-refractivity contribution in [1.82, 2.24) is 10.6 Å². The summed E-state index contributed by atoms with van der Waals surface area (Å²) in [6, 6.07) is 5.89. The van der Waals surface area contributed by atoms with Crippen molar-refractivity contribution in [3.63, 3.8) is 0 Å². The quantitative estimate of drug-likeness (QED) is 0.748. The van der Waals surface area contributed by atoms with Gasteiger partial charge in [0.05, 0.1) is 16.7 Å². The van der Waals surface area contributed by atoms with Crippen molar-refractivity contribution in [2.45, 2.75) is 10.9 Å². The van der Waals surface area contributed by atoms with Crippen LogP contribution in [0, 0.1) is 0 Å². The number of carbonyl (C=O) groups excluding carboxylic acids is 1. The summed E-state index contributed by atoms with van der Waals surface area (Å²) in [6.45, 7) is 0. The van der Waals surface area contributed by atoms with Gasteiger partial charge >= 0.3 is 6.03 Å². The van der Waals surface area contributed by atoms with Gasteiger partial charge in [0.2, 0.25) is 0 Å². The van der Waals surface area contributed by atoms with Gasteiger partial charge in [0.15, 0.2) is 9.84 Å². The Morgan fingerprint density at radius 2 is 2.06 bits per heavy atom. The molecule has 86 valence electrons. The Labute approximate surface area is 93.8 Å². The predicted molar refractivity (Wildman–Crippen MR) is 58.8 cm³/mol. The summed E-state index contributed by atoms with van der Waals surface area (Å²) in [6.07, 6.45) is 0. The fraction of sp³-hybridized carbons (Fsp3) is 0.300. The third-order valence-corrected chi connectivity index (χ3v) is 4.36. The Morgan fingerprint density at radius 1 is 1.38 bits per heavy atom. The summed E-state index contributed by atoms with van der Waals surface area (Å²) in [5.74, 6) is -0.0697. The van der Waals surface area contributed by atoms with Gasteiger partial charge in [-0.05, 0) is 11.6 Å². The van der Waals surface area contributed by atoms with Crippen LogP contribution in [0.4, 0.5) is 4.79 Å². The number of benzene rings is 1. The number of sulfone groups is 1. The number of urea groups is 1. The normalized spacial score (nSPS) is 21.2. The molecule has 0 unspecified atom stereocenters. The lowest BCUT2D eigenvalue weighted by Crippen LogP contribution is -2.36. The average molecular weight is 240 g/mol. The maximum atomic E-state index is 11.8. The Bertz CT molecular complexity index is 525. The van der Waals surface area contributed by atoms with Crippen LogP contribution >= 0.6 is 0 Å². The van der Waals surface area contributed by atoms with Crippen LogP contribution in [-0.4, -0.2) is 27.2 Å². The molecule has 0 bridgehead atoms. The van der Waals surface area contributed by atoms with Gasteiger partial charge in [0.1, 0.15) is 0 Å². The molecule has 2 amide bonds. The van der Waals surface area contributed by atoms with Crippen molar-refractivity contribution >= 4 is 15.9 Å². The Morgan fingerprint density at radius 3 is 2.75 bits per heavy atom. The topological polar surface area (TPSA) is 75.3 Å². The van der Waals surface area contributed by atoms with Crippen LogP contribution in [0.1, 0.15) is 11.6 Å². The van der Waals surface area contributed by atoms with Gasteiger partial charge in [-0.25, -0.2) is 13.2 Å². The summed E-state index contributed by atoms with van der Waals surface area (Å²) in [5.41, 5.74) is 0.658. The SMILES string of the molecule is CNC(=O)N[C@@H]1CS(=O)(=O)c2ccccc21. The summed E-state index contributed by atoms with van der Waals surface area (Å²) in [4.78, 5) is 11.5. The molecule has 0 aliphatic carbocycles. The first kappa shape index (κ1) is 10.9. The molecule has 0 saturated heterocycles. The van der Waals surface area contributed by atoms with Gasteiger partial charge in [-0.3, -0.25) is 0 Å². The van der Waals surface area contributed by atoms with Crippen LogP contribution in [0.5, 0.6) is 0 Å². The van der Waals surface area contributed by atoms with Crippen LogP contribution in [0.2, 0.25) is 0 Å². The van der Waals surface area contributed by atoms with Crippen molar-refractivity contribution in [2.24, 2.45) is 0 Å². The standard InChI is InChI=1S/C10H12N2O3S/c1-11-10(13)12-8-6-16(14,15)9-5-3-2-4-7(8)9/h2-5,8H,6H2,1H3,(H2,11,12,13)/t8-/m1/s1. The molecular weight excluding hydrogens is 228 g/mol. The molecule has 0 saturated carbocycles. The third kappa shape index (κ3) is 1.76. The van der Waals surface area contributed by atoms with Gasteiger partial charge in [0.25, 0.3) is 0 Å². The second-order valence-corrected chi connectivity index (χ2v) is 5.60. The van der Waals surface area contributed by atoms with Crippen LogP contribution in [0.3, 0.4) is 0 Å². The maximum absolute atomic E-state index is 11.8. The van der Waals surface area contributed by atoms with Crippen LogP contribution < -0.4 is 10.6 Å². The minimum absolute atomic E-state index is 0.0697. The molecule has 1 atom stereocenters. The second kappa shape index (κ2) is 3.79. The molecule has 2 rings (SSSR count). The van der Waals surface area contributed by atoms with Gasteiger partial charge in [0, 0.05) is 7.05 Å². The van der Waals surface area contributed by atoms with Gasteiger partial charge in [-0.15, -0.1) is 0 Å². The van der Waals surface area contributed by atoms with Gasteiger partial charge in [-0.1, -0.05) is 18.2 Å². The Kier molecular flexibility index (Phi) is 2.59. The molecule has 0 aromatic heterocycles. The van der Waals surface area contributed by atoms with E-state index in [1.807, 2.05) is 0 Å². The molecule has 1 aliphatic heterocycles. The number of amides is 2. The van der Waals surface area contributed by atoms with E-state index in [2.05, 4.69) is 10.6 Å².